The van der Waals surface area contributed by atoms with Gasteiger partial charge in [-0.25, -0.2) is 15.0 Å². The van der Waals surface area contributed by atoms with E-state index in [1.807, 2.05) is 31.2 Å². The third kappa shape index (κ3) is 2.40. The van der Waals surface area contributed by atoms with Gasteiger partial charge in [-0.2, -0.15) is 0 Å². The molecule has 1 aromatic carbocycles. The van der Waals surface area contributed by atoms with Gasteiger partial charge in [-0.05, 0) is 12.5 Å². The second-order valence-corrected chi connectivity index (χ2v) is 5.03. The van der Waals surface area contributed by atoms with Gasteiger partial charge >= 0.3 is 0 Å². The number of H-pyrrole nitrogens is 1. The Morgan fingerprint density at radius 2 is 1.85 bits per heavy atom. The molecule has 0 saturated carbocycles. The van der Waals surface area contributed by atoms with Gasteiger partial charge in [-0.1, -0.05) is 53.0 Å². The molecule has 0 bridgehead atoms. The van der Waals surface area contributed by atoms with Crippen molar-refractivity contribution in [2.24, 2.45) is 0 Å². The molecule has 0 amide bonds. The Morgan fingerprint density at radius 3 is 2.45 bits per heavy atom. The maximum Gasteiger partial charge on any atom is 0.198 e. The van der Waals surface area contributed by atoms with E-state index in [0.29, 0.717) is 27.5 Å². The lowest BCUT2D eigenvalue weighted by molar-refractivity contribution is 1.12. The third-order valence-corrected chi connectivity index (χ3v) is 3.38. The molecular formula is C14H10Cl2N4. The van der Waals surface area contributed by atoms with Crippen LogP contribution in [-0.2, 0) is 0 Å². The van der Waals surface area contributed by atoms with Crippen LogP contribution in [0.2, 0.25) is 10.3 Å². The lowest BCUT2D eigenvalue weighted by atomic mass is 10.1. The number of benzene rings is 1. The van der Waals surface area contributed by atoms with Crippen LogP contribution in [0.25, 0.3) is 22.8 Å². The number of hydrogen-bond acceptors (Lipinski definition) is 3. The lowest BCUT2D eigenvalue weighted by Gasteiger charge is -2.08. The van der Waals surface area contributed by atoms with Gasteiger partial charge in [0.05, 0.1) is 5.56 Å². The van der Waals surface area contributed by atoms with Crippen LogP contribution in [-0.4, -0.2) is 19.9 Å². The number of nitrogens with one attached hydrogen (secondary N) is 1. The lowest BCUT2D eigenvalue weighted by Crippen LogP contribution is -1.96. The number of nitrogens with zero attached hydrogens (tertiary/aromatic N) is 3. The number of imidazole rings is 1. The highest BCUT2D eigenvalue weighted by Crippen LogP contribution is 2.33. The van der Waals surface area contributed by atoms with Crippen molar-refractivity contribution in [1.82, 2.24) is 19.9 Å². The molecular weight excluding hydrogens is 295 g/mol. The van der Waals surface area contributed by atoms with Gasteiger partial charge in [0, 0.05) is 12.4 Å². The molecule has 20 heavy (non-hydrogen) atoms. The second kappa shape index (κ2) is 5.23. The fourth-order valence-electron chi connectivity index (χ4n) is 1.94. The molecule has 3 aromatic rings. The SMILES string of the molecule is Cc1cccc(-c2c(Cl)nc(-c3ncc[nH]3)nc2Cl)c1. The number of aryl methyl sites for hydroxylation is 1. The van der Waals surface area contributed by atoms with Gasteiger partial charge < -0.3 is 4.98 Å². The zero-order valence-corrected chi connectivity index (χ0v) is 12.1. The summed E-state index contributed by atoms with van der Waals surface area (Å²) in [4.78, 5) is 15.5. The molecule has 0 radical (unpaired) electrons. The van der Waals surface area contributed by atoms with E-state index >= 15 is 0 Å². The summed E-state index contributed by atoms with van der Waals surface area (Å²) in [6.07, 6.45) is 3.31. The van der Waals surface area contributed by atoms with Crippen LogP contribution >= 0.6 is 23.2 Å². The molecule has 0 unspecified atom stereocenters. The van der Waals surface area contributed by atoms with Gasteiger partial charge in [0.1, 0.15) is 10.3 Å². The van der Waals surface area contributed by atoms with E-state index in [1.165, 1.54) is 0 Å². The first-order chi connectivity index (χ1) is 9.65. The average Bonchev–Trinajstić information content (AvgIpc) is 2.91. The molecule has 0 aliphatic carbocycles. The summed E-state index contributed by atoms with van der Waals surface area (Å²) in [5, 5.41) is 0.615. The minimum absolute atomic E-state index is 0.307. The van der Waals surface area contributed by atoms with E-state index in [1.54, 1.807) is 12.4 Å². The van der Waals surface area contributed by atoms with Crippen molar-refractivity contribution in [1.29, 1.82) is 0 Å². The van der Waals surface area contributed by atoms with Crippen molar-refractivity contribution >= 4 is 23.2 Å². The number of aromatic nitrogens is 4. The second-order valence-electron chi connectivity index (χ2n) is 4.31. The van der Waals surface area contributed by atoms with Crippen molar-refractivity contribution in [3.63, 3.8) is 0 Å². The van der Waals surface area contributed by atoms with Gasteiger partial charge in [-0.3, -0.25) is 0 Å². The maximum absolute atomic E-state index is 6.26. The summed E-state index contributed by atoms with van der Waals surface area (Å²) in [5.41, 5.74) is 2.64. The van der Waals surface area contributed by atoms with Gasteiger partial charge in [0.2, 0.25) is 0 Å². The van der Waals surface area contributed by atoms with E-state index in [4.69, 9.17) is 23.2 Å². The largest absolute Gasteiger partial charge is 0.342 e. The molecule has 100 valence electrons. The quantitative estimate of drug-likeness (QED) is 0.724. The van der Waals surface area contributed by atoms with Crippen LogP contribution in [0.15, 0.2) is 36.7 Å². The van der Waals surface area contributed by atoms with Gasteiger partial charge in [-0.15, -0.1) is 0 Å². The van der Waals surface area contributed by atoms with Crippen LogP contribution in [0.5, 0.6) is 0 Å². The van der Waals surface area contributed by atoms with Crippen molar-refractivity contribution in [2.75, 3.05) is 0 Å². The predicted octanol–water partition coefficient (Wildman–Crippen LogP) is 4.15. The molecule has 0 saturated heterocycles. The van der Waals surface area contributed by atoms with E-state index < -0.39 is 0 Å². The molecule has 0 fully saturated rings. The zero-order chi connectivity index (χ0) is 14.1. The summed E-state index contributed by atoms with van der Waals surface area (Å²) in [5.74, 6) is 0.908. The van der Waals surface area contributed by atoms with Crippen molar-refractivity contribution in [3.05, 3.63) is 52.5 Å². The summed E-state index contributed by atoms with van der Waals surface area (Å²) >= 11 is 12.5. The fourth-order valence-corrected chi connectivity index (χ4v) is 2.55. The number of halogens is 2. The highest BCUT2D eigenvalue weighted by molar-refractivity contribution is 6.37. The van der Waals surface area contributed by atoms with Crippen molar-refractivity contribution in [2.45, 2.75) is 6.92 Å². The van der Waals surface area contributed by atoms with Crippen LogP contribution in [0.4, 0.5) is 0 Å². The molecule has 6 heteroatoms. The predicted molar refractivity (Wildman–Crippen MR) is 79.8 cm³/mol. The molecule has 0 atom stereocenters. The Hall–Kier alpha value is -1.91. The van der Waals surface area contributed by atoms with E-state index in [9.17, 15) is 0 Å². The van der Waals surface area contributed by atoms with Crippen LogP contribution in [0.3, 0.4) is 0 Å². The Bertz CT molecular complexity index is 731. The number of aromatic amines is 1. The molecule has 0 aliphatic rings. The normalized spacial score (nSPS) is 10.8. The molecule has 4 nitrogen and oxygen atoms in total. The average molecular weight is 305 g/mol. The Balaban J connectivity index is 2.14. The van der Waals surface area contributed by atoms with Gasteiger partial charge in [0.15, 0.2) is 11.6 Å². The summed E-state index contributed by atoms with van der Waals surface area (Å²) in [7, 11) is 0. The summed E-state index contributed by atoms with van der Waals surface area (Å²) in [6, 6.07) is 7.86. The monoisotopic (exact) mass is 304 g/mol. The first-order valence-electron chi connectivity index (χ1n) is 5.95. The van der Waals surface area contributed by atoms with E-state index in [2.05, 4.69) is 19.9 Å². The Morgan fingerprint density at radius 1 is 1.10 bits per heavy atom. The van der Waals surface area contributed by atoms with Crippen molar-refractivity contribution in [3.8, 4) is 22.8 Å². The minimum Gasteiger partial charge on any atom is -0.342 e. The topological polar surface area (TPSA) is 54.5 Å². The van der Waals surface area contributed by atoms with Crippen LogP contribution in [0.1, 0.15) is 5.56 Å². The molecule has 0 aliphatic heterocycles. The van der Waals surface area contributed by atoms with Crippen LogP contribution in [0, 0.1) is 6.92 Å². The molecule has 1 N–H and O–H groups in total. The summed E-state index contributed by atoms with van der Waals surface area (Å²) < 4.78 is 0. The molecule has 2 aromatic heterocycles. The highest BCUT2D eigenvalue weighted by Gasteiger charge is 2.15. The highest BCUT2D eigenvalue weighted by atomic mass is 35.5. The Kier molecular flexibility index (Phi) is 3.42. The van der Waals surface area contributed by atoms with Crippen LogP contribution < -0.4 is 0 Å². The van der Waals surface area contributed by atoms with Crippen molar-refractivity contribution < 1.29 is 0 Å². The molecule has 2 heterocycles. The fraction of sp³-hybridized carbons (Fsp3) is 0.0714. The Labute approximate surface area is 125 Å². The van der Waals surface area contributed by atoms with E-state index in [-0.39, 0.29) is 0 Å². The van der Waals surface area contributed by atoms with E-state index in [0.717, 1.165) is 11.1 Å². The first-order valence-corrected chi connectivity index (χ1v) is 6.70. The minimum atomic E-state index is 0.307. The summed E-state index contributed by atoms with van der Waals surface area (Å²) in [6.45, 7) is 2.00. The number of rotatable bonds is 2. The molecule has 0 spiro atoms. The molecule has 3 rings (SSSR count). The smallest absolute Gasteiger partial charge is 0.198 e. The maximum atomic E-state index is 6.26. The zero-order valence-electron chi connectivity index (χ0n) is 10.6. The van der Waals surface area contributed by atoms with Gasteiger partial charge in [0.25, 0.3) is 0 Å². The third-order valence-electron chi connectivity index (χ3n) is 2.84. The first kappa shape index (κ1) is 13.1. The standard InChI is InChI=1S/C14H10Cl2N4/c1-8-3-2-4-9(7-8)10-11(15)19-14(20-12(10)16)13-17-5-6-18-13/h2-7H,1H3,(H,17,18). The number of hydrogen-bond donors (Lipinski definition) is 1.